The number of imidazole rings is 1. The number of unbranched alkanes of at least 4 members (excludes halogenated alkanes) is 1. The molecule has 0 bridgehead atoms. The number of fused-ring (bicyclic) bond motifs is 1. The molecule has 0 saturated carbocycles. The lowest BCUT2D eigenvalue weighted by Gasteiger charge is -2.13. The molecular weight excluding hydrogens is 340 g/mol. The predicted octanol–water partition coefficient (Wildman–Crippen LogP) is 4.74. The lowest BCUT2D eigenvalue weighted by atomic mass is 10.2. The number of benzene rings is 2. The Morgan fingerprint density at radius 2 is 1.89 bits per heavy atom. The van der Waals surface area contributed by atoms with E-state index in [0.29, 0.717) is 6.61 Å². The monoisotopic (exact) mass is 368 g/mol. The number of methoxy groups -OCH3 is 1. The fourth-order valence-electron chi connectivity index (χ4n) is 3.24. The van der Waals surface area contributed by atoms with Gasteiger partial charge in [0.2, 0.25) is 0 Å². The topological polar surface area (TPSA) is 56.5 Å². The Labute approximate surface area is 160 Å². The van der Waals surface area contributed by atoms with E-state index in [1.165, 1.54) is 0 Å². The molecule has 0 amide bonds. The summed E-state index contributed by atoms with van der Waals surface area (Å²) in [6, 6.07) is 15.7. The molecule has 1 N–H and O–H groups in total. The Balaban J connectivity index is 1.60. The van der Waals surface area contributed by atoms with Gasteiger partial charge in [-0.1, -0.05) is 31.5 Å². The summed E-state index contributed by atoms with van der Waals surface area (Å²) in [5.41, 5.74) is 2.02. The zero-order chi connectivity index (χ0) is 19.1. The van der Waals surface area contributed by atoms with E-state index in [-0.39, 0.29) is 0 Å². The fraction of sp³-hybridized carbons (Fsp3) is 0.409. The number of aromatic nitrogens is 2. The van der Waals surface area contributed by atoms with Crippen molar-refractivity contribution in [2.75, 3.05) is 13.7 Å². The van der Waals surface area contributed by atoms with E-state index < -0.39 is 6.10 Å². The van der Waals surface area contributed by atoms with Gasteiger partial charge in [-0.05, 0) is 43.5 Å². The Bertz CT molecular complexity index is 860. The number of rotatable bonds is 10. The van der Waals surface area contributed by atoms with Crippen LogP contribution in [0.15, 0.2) is 48.5 Å². The number of hydrogen-bond donors (Lipinski definition) is 1. The Kier molecular flexibility index (Phi) is 6.71. The molecule has 5 nitrogen and oxygen atoms in total. The SMILES string of the molecule is CCCC(O)c1nc2ccccc2n1CCCCOc1cccc(OC)c1. The van der Waals surface area contributed by atoms with Gasteiger partial charge < -0.3 is 19.1 Å². The van der Waals surface area contributed by atoms with Crippen LogP contribution in [0.5, 0.6) is 11.5 Å². The molecule has 0 spiro atoms. The van der Waals surface area contributed by atoms with Gasteiger partial charge in [0.05, 0.1) is 24.8 Å². The van der Waals surface area contributed by atoms with Gasteiger partial charge in [-0.2, -0.15) is 0 Å². The molecule has 1 aromatic heterocycles. The zero-order valence-corrected chi connectivity index (χ0v) is 16.1. The number of nitrogens with zero attached hydrogens (tertiary/aromatic N) is 2. The molecule has 0 saturated heterocycles. The first-order chi connectivity index (χ1) is 13.2. The number of para-hydroxylation sites is 2. The van der Waals surface area contributed by atoms with Crippen LogP contribution in [0.3, 0.4) is 0 Å². The first kappa shape index (κ1) is 19.2. The van der Waals surface area contributed by atoms with E-state index in [1.54, 1.807) is 7.11 Å². The Morgan fingerprint density at radius 3 is 2.70 bits per heavy atom. The molecule has 0 radical (unpaired) electrons. The second-order valence-electron chi connectivity index (χ2n) is 6.65. The van der Waals surface area contributed by atoms with E-state index in [9.17, 15) is 5.11 Å². The number of aliphatic hydroxyl groups is 1. The van der Waals surface area contributed by atoms with Crippen LogP contribution < -0.4 is 9.47 Å². The largest absolute Gasteiger partial charge is 0.497 e. The average molecular weight is 368 g/mol. The third kappa shape index (κ3) is 4.80. The summed E-state index contributed by atoms with van der Waals surface area (Å²) < 4.78 is 13.2. The van der Waals surface area contributed by atoms with Crippen LogP contribution in [0.25, 0.3) is 11.0 Å². The molecule has 3 rings (SSSR count). The van der Waals surface area contributed by atoms with Crippen molar-refractivity contribution >= 4 is 11.0 Å². The van der Waals surface area contributed by atoms with Crippen LogP contribution in [-0.4, -0.2) is 28.4 Å². The molecule has 144 valence electrons. The van der Waals surface area contributed by atoms with Gasteiger partial charge in [-0.15, -0.1) is 0 Å². The number of aryl methyl sites for hydroxylation is 1. The highest BCUT2D eigenvalue weighted by atomic mass is 16.5. The van der Waals surface area contributed by atoms with Crippen LogP contribution in [0.4, 0.5) is 0 Å². The predicted molar refractivity (Wildman–Crippen MR) is 107 cm³/mol. The van der Waals surface area contributed by atoms with Crippen molar-refractivity contribution in [3.8, 4) is 11.5 Å². The number of aliphatic hydroxyl groups excluding tert-OH is 1. The smallest absolute Gasteiger partial charge is 0.138 e. The first-order valence-corrected chi connectivity index (χ1v) is 9.63. The number of hydrogen-bond acceptors (Lipinski definition) is 4. The molecule has 0 fully saturated rings. The second kappa shape index (κ2) is 9.42. The molecule has 1 unspecified atom stereocenters. The molecule has 1 heterocycles. The normalized spacial score (nSPS) is 12.3. The fourth-order valence-corrected chi connectivity index (χ4v) is 3.24. The first-order valence-electron chi connectivity index (χ1n) is 9.63. The molecule has 27 heavy (non-hydrogen) atoms. The van der Waals surface area contributed by atoms with Gasteiger partial charge in [0.25, 0.3) is 0 Å². The zero-order valence-electron chi connectivity index (χ0n) is 16.1. The molecule has 1 atom stereocenters. The number of ether oxygens (including phenoxy) is 2. The van der Waals surface area contributed by atoms with Gasteiger partial charge in [-0.25, -0.2) is 4.98 Å². The maximum absolute atomic E-state index is 10.5. The van der Waals surface area contributed by atoms with Gasteiger partial charge in [-0.3, -0.25) is 0 Å². The van der Waals surface area contributed by atoms with E-state index in [0.717, 1.165) is 60.6 Å². The van der Waals surface area contributed by atoms with Crippen LogP contribution >= 0.6 is 0 Å². The van der Waals surface area contributed by atoms with Gasteiger partial charge >= 0.3 is 0 Å². The van der Waals surface area contributed by atoms with Crippen molar-refractivity contribution in [1.82, 2.24) is 9.55 Å². The van der Waals surface area contributed by atoms with Crippen LogP contribution in [0.1, 0.15) is 44.5 Å². The van der Waals surface area contributed by atoms with Gasteiger partial charge in [0.1, 0.15) is 23.4 Å². The summed E-state index contributed by atoms with van der Waals surface area (Å²) in [7, 11) is 1.65. The van der Waals surface area contributed by atoms with E-state index in [2.05, 4.69) is 22.5 Å². The molecule has 0 aliphatic carbocycles. The molecular formula is C22H28N2O3. The minimum atomic E-state index is -0.518. The van der Waals surface area contributed by atoms with E-state index in [4.69, 9.17) is 9.47 Å². The summed E-state index contributed by atoms with van der Waals surface area (Å²) in [6.07, 6.45) is 3.01. The minimum absolute atomic E-state index is 0.518. The quantitative estimate of drug-likeness (QED) is 0.525. The third-order valence-electron chi connectivity index (χ3n) is 4.63. The third-order valence-corrected chi connectivity index (χ3v) is 4.63. The summed E-state index contributed by atoms with van der Waals surface area (Å²) in [5, 5.41) is 10.5. The molecule has 5 heteroatoms. The minimum Gasteiger partial charge on any atom is -0.497 e. The molecule has 0 aliphatic heterocycles. The van der Waals surface area contributed by atoms with Crippen LogP contribution in [-0.2, 0) is 6.54 Å². The molecule has 0 aliphatic rings. The highest BCUT2D eigenvalue weighted by Gasteiger charge is 2.17. The van der Waals surface area contributed by atoms with Crippen LogP contribution in [0.2, 0.25) is 0 Å². The van der Waals surface area contributed by atoms with Crippen LogP contribution in [0, 0.1) is 0 Å². The van der Waals surface area contributed by atoms with Crippen molar-refractivity contribution in [2.45, 2.75) is 45.3 Å². The summed E-state index contributed by atoms with van der Waals surface area (Å²) in [4.78, 5) is 4.66. The summed E-state index contributed by atoms with van der Waals surface area (Å²) in [5.74, 6) is 2.39. The highest BCUT2D eigenvalue weighted by molar-refractivity contribution is 5.76. The lowest BCUT2D eigenvalue weighted by Crippen LogP contribution is -2.10. The van der Waals surface area contributed by atoms with Gasteiger partial charge in [0, 0.05) is 12.6 Å². The summed E-state index contributed by atoms with van der Waals surface area (Å²) >= 11 is 0. The maximum atomic E-state index is 10.5. The van der Waals surface area contributed by atoms with E-state index >= 15 is 0 Å². The standard InChI is InChI=1S/C22H28N2O3/c1-3-9-21(25)22-23-19-12-4-5-13-20(19)24(22)14-6-7-15-27-18-11-8-10-17(16-18)26-2/h4-5,8,10-13,16,21,25H,3,6-7,9,14-15H2,1-2H3. The second-order valence-corrected chi connectivity index (χ2v) is 6.65. The van der Waals surface area contributed by atoms with Crippen molar-refractivity contribution in [3.05, 3.63) is 54.4 Å². The maximum Gasteiger partial charge on any atom is 0.138 e. The Hall–Kier alpha value is -2.53. The Morgan fingerprint density at radius 1 is 1.07 bits per heavy atom. The van der Waals surface area contributed by atoms with Crippen molar-refractivity contribution < 1.29 is 14.6 Å². The van der Waals surface area contributed by atoms with Crippen molar-refractivity contribution in [3.63, 3.8) is 0 Å². The van der Waals surface area contributed by atoms with Crippen molar-refractivity contribution in [2.24, 2.45) is 0 Å². The van der Waals surface area contributed by atoms with Gasteiger partial charge in [0.15, 0.2) is 0 Å². The molecule has 2 aromatic carbocycles. The highest BCUT2D eigenvalue weighted by Crippen LogP contribution is 2.24. The average Bonchev–Trinajstić information content (AvgIpc) is 3.07. The van der Waals surface area contributed by atoms with Crippen molar-refractivity contribution in [1.29, 1.82) is 0 Å². The summed E-state index contributed by atoms with van der Waals surface area (Å²) in [6.45, 7) is 3.54. The van der Waals surface area contributed by atoms with E-state index in [1.807, 2.05) is 42.5 Å². The lowest BCUT2D eigenvalue weighted by molar-refractivity contribution is 0.152. The molecule has 3 aromatic rings.